The summed E-state index contributed by atoms with van der Waals surface area (Å²) in [6, 6.07) is 0. The molecule has 1 heterocycles. The van der Waals surface area contributed by atoms with Crippen LogP contribution in [0.5, 0.6) is 0 Å². The van der Waals surface area contributed by atoms with Gasteiger partial charge in [0.2, 0.25) is 0 Å². The molecule has 0 aliphatic carbocycles. The molecule has 0 unspecified atom stereocenters. The normalized spacial score (nSPS) is 12.0. The Morgan fingerprint density at radius 1 is 1.29 bits per heavy atom. The standard InChI is InChI=1S/C11H21N3O2S/c1-4-10-9(8-12)11(5-2)14(13-10)6-7-17(3,15)16/h4-8,12H2,1-3H3. The highest BCUT2D eigenvalue weighted by atomic mass is 32.2. The first-order valence-electron chi connectivity index (χ1n) is 5.88. The summed E-state index contributed by atoms with van der Waals surface area (Å²) >= 11 is 0. The van der Waals surface area contributed by atoms with E-state index in [1.54, 1.807) is 4.68 Å². The molecule has 5 nitrogen and oxygen atoms in total. The van der Waals surface area contributed by atoms with Crippen LogP contribution in [0.2, 0.25) is 0 Å². The summed E-state index contributed by atoms with van der Waals surface area (Å²) < 4.78 is 24.1. The maximum atomic E-state index is 11.2. The number of rotatable bonds is 6. The average molecular weight is 259 g/mol. The van der Waals surface area contributed by atoms with Crippen molar-refractivity contribution in [3.05, 3.63) is 17.0 Å². The Bertz CT molecular complexity index is 477. The zero-order valence-electron chi connectivity index (χ0n) is 10.7. The molecule has 98 valence electrons. The Labute approximate surface area is 103 Å². The van der Waals surface area contributed by atoms with Crippen molar-refractivity contribution < 1.29 is 8.42 Å². The van der Waals surface area contributed by atoms with E-state index in [0.29, 0.717) is 13.1 Å². The molecule has 0 aliphatic rings. The highest BCUT2D eigenvalue weighted by Gasteiger charge is 2.15. The largest absolute Gasteiger partial charge is 0.326 e. The SMILES string of the molecule is CCc1nn(CCS(C)(=O)=O)c(CC)c1CN. The van der Waals surface area contributed by atoms with Gasteiger partial charge in [0.25, 0.3) is 0 Å². The second-order valence-electron chi connectivity index (χ2n) is 4.14. The maximum Gasteiger partial charge on any atom is 0.149 e. The second-order valence-corrected chi connectivity index (χ2v) is 6.40. The first-order chi connectivity index (χ1) is 7.92. The molecular weight excluding hydrogens is 238 g/mol. The number of sulfone groups is 1. The Hall–Kier alpha value is -0.880. The van der Waals surface area contributed by atoms with Crippen LogP contribution in [0.25, 0.3) is 0 Å². The molecule has 1 aromatic heterocycles. The van der Waals surface area contributed by atoms with Crippen molar-refractivity contribution in [1.29, 1.82) is 0 Å². The fraction of sp³-hybridized carbons (Fsp3) is 0.727. The van der Waals surface area contributed by atoms with Crippen molar-refractivity contribution in [2.75, 3.05) is 12.0 Å². The summed E-state index contributed by atoms with van der Waals surface area (Å²) in [5, 5.41) is 4.45. The Kier molecular flexibility index (Phi) is 4.70. The summed E-state index contributed by atoms with van der Waals surface area (Å²) in [5.41, 5.74) is 8.85. The van der Waals surface area contributed by atoms with Crippen LogP contribution in [0.1, 0.15) is 30.8 Å². The molecule has 6 heteroatoms. The van der Waals surface area contributed by atoms with Gasteiger partial charge in [-0.25, -0.2) is 8.42 Å². The molecular formula is C11H21N3O2S. The van der Waals surface area contributed by atoms with Crippen molar-refractivity contribution in [3.63, 3.8) is 0 Å². The van der Waals surface area contributed by atoms with Gasteiger partial charge in [0.1, 0.15) is 9.84 Å². The van der Waals surface area contributed by atoms with E-state index in [0.717, 1.165) is 29.8 Å². The van der Waals surface area contributed by atoms with Crippen molar-refractivity contribution in [3.8, 4) is 0 Å². The summed E-state index contributed by atoms with van der Waals surface area (Å²) in [7, 11) is -2.96. The van der Waals surface area contributed by atoms with E-state index in [-0.39, 0.29) is 5.75 Å². The van der Waals surface area contributed by atoms with Crippen molar-refractivity contribution in [2.24, 2.45) is 5.73 Å². The summed E-state index contributed by atoms with van der Waals surface area (Å²) in [5.74, 6) is 0.120. The first-order valence-corrected chi connectivity index (χ1v) is 7.94. The third-order valence-corrected chi connectivity index (χ3v) is 3.72. The van der Waals surface area contributed by atoms with Crippen LogP contribution in [-0.2, 0) is 35.8 Å². The molecule has 0 amide bonds. The zero-order chi connectivity index (χ0) is 13.1. The highest BCUT2D eigenvalue weighted by Crippen LogP contribution is 2.15. The lowest BCUT2D eigenvalue weighted by Crippen LogP contribution is -2.14. The number of nitrogens with zero attached hydrogens (tertiary/aromatic N) is 2. The van der Waals surface area contributed by atoms with Crippen molar-refractivity contribution in [1.82, 2.24) is 9.78 Å². The van der Waals surface area contributed by atoms with E-state index >= 15 is 0 Å². The van der Waals surface area contributed by atoms with Gasteiger partial charge in [0.15, 0.2) is 0 Å². The van der Waals surface area contributed by atoms with Crippen LogP contribution < -0.4 is 5.73 Å². The zero-order valence-corrected chi connectivity index (χ0v) is 11.5. The second kappa shape index (κ2) is 5.64. The van der Waals surface area contributed by atoms with E-state index in [9.17, 15) is 8.42 Å². The molecule has 0 saturated heterocycles. The van der Waals surface area contributed by atoms with E-state index in [1.165, 1.54) is 6.26 Å². The summed E-state index contributed by atoms with van der Waals surface area (Å²) in [6.45, 7) is 4.94. The Morgan fingerprint density at radius 2 is 1.94 bits per heavy atom. The minimum atomic E-state index is -2.96. The number of aryl methyl sites for hydroxylation is 2. The molecule has 0 atom stereocenters. The van der Waals surface area contributed by atoms with Gasteiger partial charge in [0.05, 0.1) is 18.0 Å². The van der Waals surface area contributed by atoms with Crippen LogP contribution in [0, 0.1) is 0 Å². The predicted octanol–water partition coefficient (Wildman–Crippen LogP) is 0.511. The van der Waals surface area contributed by atoms with E-state index < -0.39 is 9.84 Å². The lowest BCUT2D eigenvalue weighted by molar-refractivity contribution is 0.576. The molecule has 0 aromatic carbocycles. The summed E-state index contributed by atoms with van der Waals surface area (Å²) in [4.78, 5) is 0. The van der Waals surface area contributed by atoms with Crippen LogP contribution in [-0.4, -0.2) is 30.2 Å². The molecule has 0 fully saturated rings. The van der Waals surface area contributed by atoms with Gasteiger partial charge in [-0.15, -0.1) is 0 Å². The van der Waals surface area contributed by atoms with E-state index in [4.69, 9.17) is 5.73 Å². The Balaban J connectivity index is 3.03. The fourth-order valence-electron chi connectivity index (χ4n) is 1.94. The molecule has 0 radical (unpaired) electrons. The molecule has 2 N–H and O–H groups in total. The van der Waals surface area contributed by atoms with Crippen LogP contribution in [0.3, 0.4) is 0 Å². The molecule has 0 spiro atoms. The van der Waals surface area contributed by atoms with Crippen molar-refractivity contribution in [2.45, 2.75) is 39.8 Å². The molecule has 0 saturated carbocycles. The third kappa shape index (κ3) is 3.54. The van der Waals surface area contributed by atoms with E-state index in [2.05, 4.69) is 5.10 Å². The minimum absolute atomic E-state index is 0.120. The third-order valence-electron chi connectivity index (χ3n) is 2.80. The lowest BCUT2D eigenvalue weighted by Gasteiger charge is -2.06. The lowest BCUT2D eigenvalue weighted by atomic mass is 10.1. The quantitative estimate of drug-likeness (QED) is 0.807. The maximum absolute atomic E-state index is 11.2. The predicted molar refractivity (Wildman–Crippen MR) is 68.6 cm³/mol. The smallest absolute Gasteiger partial charge is 0.149 e. The average Bonchev–Trinajstić information content (AvgIpc) is 2.62. The Morgan fingerprint density at radius 3 is 2.35 bits per heavy atom. The van der Waals surface area contributed by atoms with Crippen LogP contribution in [0.4, 0.5) is 0 Å². The molecule has 0 bridgehead atoms. The fourth-order valence-corrected chi connectivity index (χ4v) is 2.45. The monoisotopic (exact) mass is 259 g/mol. The molecule has 1 aromatic rings. The highest BCUT2D eigenvalue weighted by molar-refractivity contribution is 7.90. The number of hydrogen-bond donors (Lipinski definition) is 1. The van der Waals surface area contributed by atoms with Crippen LogP contribution in [0.15, 0.2) is 0 Å². The number of aromatic nitrogens is 2. The van der Waals surface area contributed by atoms with Gasteiger partial charge < -0.3 is 5.73 Å². The van der Waals surface area contributed by atoms with Crippen molar-refractivity contribution >= 4 is 9.84 Å². The molecule has 1 rings (SSSR count). The van der Waals surface area contributed by atoms with Gasteiger partial charge in [0, 0.05) is 24.1 Å². The van der Waals surface area contributed by atoms with E-state index in [1.807, 2.05) is 13.8 Å². The minimum Gasteiger partial charge on any atom is -0.326 e. The molecule has 0 aliphatic heterocycles. The van der Waals surface area contributed by atoms with Gasteiger partial charge in [-0.3, -0.25) is 4.68 Å². The molecule has 17 heavy (non-hydrogen) atoms. The first kappa shape index (κ1) is 14.2. The van der Waals surface area contributed by atoms with Crippen LogP contribution >= 0.6 is 0 Å². The van der Waals surface area contributed by atoms with Gasteiger partial charge in [-0.2, -0.15) is 5.10 Å². The summed E-state index contributed by atoms with van der Waals surface area (Å²) in [6.07, 6.45) is 2.89. The van der Waals surface area contributed by atoms with Gasteiger partial charge >= 0.3 is 0 Å². The number of nitrogens with two attached hydrogens (primary N) is 1. The topological polar surface area (TPSA) is 78.0 Å². The van der Waals surface area contributed by atoms with Gasteiger partial charge in [-0.05, 0) is 12.8 Å². The number of hydrogen-bond acceptors (Lipinski definition) is 4. The van der Waals surface area contributed by atoms with Gasteiger partial charge in [-0.1, -0.05) is 13.8 Å².